The lowest BCUT2D eigenvalue weighted by Crippen LogP contribution is -2.55. The van der Waals surface area contributed by atoms with Crippen molar-refractivity contribution in [2.45, 2.75) is 59.0 Å². The molecule has 3 unspecified atom stereocenters. The summed E-state index contributed by atoms with van der Waals surface area (Å²) in [5.74, 6) is 0.641. The summed E-state index contributed by atoms with van der Waals surface area (Å²) in [4.78, 5) is 11.5. The fourth-order valence-electron chi connectivity index (χ4n) is 4.21. The maximum absolute atomic E-state index is 11.5. The number of nitrogens with one attached hydrogen (secondary N) is 1. The SMILES string of the molecule is COC(=O)[C@H](C)NC1C2(C)CCC(C2)C1(C)C. The Balaban J connectivity index is 2.12. The van der Waals surface area contributed by atoms with Gasteiger partial charge >= 0.3 is 5.97 Å². The van der Waals surface area contributed by atoms with Gasteiger partial charge in [0.15, 0.2) is 0 Å². The number of carbonyl (C=O) groups is 1. The molecule has 0 aromatic carbocycles. The first-order chi connectivity index (χ1) is 7.81. The second-order valence-electron chi connectivity index (χ2n) is 6.76. The van der Waals surface area contributed by atoms with Crippen LogP contribution in [0.25, 0.3) is 0 Å². The highest BCUT2D eigenvalue weighted by Gasteiger charge is 2.59. The van der Waals surface area contributed by atoms with Crippen LogP contribution in [0.4, 0.5) is 0 Å². The van der Waals surface area contributed by atoms with Gasteiger partial charge in [-0.3, -0.25) is 4.79 Å². The van der Waals surface area contributed by atoms with Crippen LogP contribution in [0.15, 0.2) is 0 Å². The first-order valence-corrected chi connectivity index (χ1v) is 6.65. The zero-order valence-electron chi connectivity index (χ0n) is 11.7. The molecule has 1 N–H and O–H groups in total. The molecule has 0 aliphatic heterocycles. The summed E-state index contributed by atoms with van der Waals surface area (Å²) in [5.41, 5.74) is 0.645. The van der Waals surface area contributed by atoms with Crippen molar-refractivity contribution in [3.8, 4) is 0 Å². The highest BCUT2D eigenvalue weighted by atomic mass is 16.5. The predicted octanol–water partition coefficient (Wildman–Crippen LogP) is 2.35. The predicted molar refractivity (Wildman–Crippen MR) is 67.6 cm³/mol. The molecule has 0 spiro atoms. The van der Waals surface area contributed by atoms with Crippen LogP contribution in [0.2, 0.25) is 0 Å². The van der Waals surface area contributed by atoms with Crippen molar-refractivity contribution in [2.75, 3.05) is 7.11 Å². The molecule has 0 saturated heterocycles. The fourth-order valence-corrected chi connectivity index (χ4v) is 4.21. The van der Waals surface area contributed by atoms with Gasteiger partial charge in [-0.15, -0.1) is 0 Å². The molecule has 3 heteroatoms. The minimum atomic E-state index is -0.208. The zero-order chi connectivity index (χ0) is 12.8. The molecular formula is C14H25NO2. The van der Waals surface area contributed by atoms with Gasteiger partial charge in [-0.05, 0) is 42.9 Å². The summed E-state index contributed by atoms with van der Waals surface area (Å²) in [6.07, 6.45) is 3.92. The molecule has 3 nitrogen and oxygen atoms in total. The summed E-state index contributed by atoms with van der Waals surface area (Å²) >= 11 is 0. The van der Waals surface area contributed by atoms with E-state index >= 15 is 0 Å². The maximum Gasteiger partial charge on any atom is 0.322 e. The van der Waals surface area contributed by atoms with Gasteiger partial charge in [0.05, 0.1) is 7.11 Å². The van der Waals surface area contributed by atoms with Crippen molar-refractivity contribution in [2.24, 2.45) is 16.7 Å². The molecule has 0 heterocycles. The lowest BCUT2D eigenvalue weighted by Gasteiger charge is -2.44. The maximum atomic E-state index is 11.5. The molecule has 2 aliphatic carbocycles. The van der Waals surface area contributed by atoms with E-state index in [4.69, 9.17) is 4.74 Å². The number of fused-ring (bicyclic) bond motifs is 2. The van der Waals surface area contributed by atoms with Gasteiger partial charge in [0, 0.05) is 6.04 Å². The van der Waals surface area contributed by atoms with Crippen molar-refractivity contribution in [1.29, 1.82) is 0 Å². The first kappa shape index (κ1) is 12.9. The van der Waals surface area contributed by atoms with Crippen molar-refractivity contribution in [1.82, 2.24) is 5.32 Å². The van der Waals surface area contributed by atoms with E-state index in [0.29, 0.717) is 11.5 Å². The van der Waals surface area contributed by atoms with Gasteiger partial charge in [-0.1, -0.05) is 20.8 Å². The number of hydrogen-bond donors (Lipinski definition) is 1. The number of esters is 1. The number of hydrogen-bond acceptors (Lipinski definition) is 3. The monoisotopic (exact) mass is 239 g/mol. The Morgan fingerprint density at radius 2 is 2.06 bits per heavy atom. The first-order valence-electron chi connectivity index (χ1n) is 6.65. The Labute approximate surface area is 104 Å². The third kappa shape index (κ3) is 1.88. The van der Waals surface area contributed by atoms with Gasteiger partial charge < -0.3 is 10.1 Å². The van der Waals surface area contributed by atoms with E-state index in [-0.39, 0.29) is 17.4 Å². The molecule has 98 valence electrons. The van der Waals surface area contributed by atoms with E-state index in [1.165, 1.54) is 26.4 Å². The second kappa shape index (κ2) is 3.98. The van der Waals surface area contributed by atoms with E-state index < -0.39 is 0 Å². The summed E-state index contributed by atoms with van der Waals surface area (Å²) in [7, 11) is 1.45. The van der Waals surface area contributed by atoms with Gasteiger partial charge in [0.2, 0.25) is 0 Å². The smallest absolute Gasteiger partial charge is 0.322 e. The lowest BCUT2D eigenvalue weighted by atomic mass is 9.68. The van der Waals surface area contributed by atoms with Crippen LogP contribution in [0.5, 0.6) is 0 Å². The quantitative estimate of drug-likeness (QED) is 0.768. The average molecular weight is 239 g/mol. The highest BCUT2D eigenvalue weighted by molar-refractivity contribution is 5.75. The molecule has 0 aromatic rings. The highest BCUT2D eigenvalue weighted by Crippen LogP contribution is 2.62. The third-order valence-electron chi connectivity index (χ3n) is 5.24. The molecule has 2 aliphatic rings. The van der Waals surface area contributed by atoms with Gasteiger partial charge in [-0.2, -0.15) is 0 Å². The molecule has 2 rings (SSSR count). The van der Waals surface area contributed by atoms with Crippen molar-refractivity contribution in [3.63, 3.8) is 0 Å². The Morgan fingerprint density at radius 1 is 1.41 bits per heavy atom. The van der Waals surface area contributed by atoms with Gasteiger partial charge in [-0.25, -0.2) is 0 Å². The average Bonchev–Trinajstić information content (AvgIpc) is 2.74. The Morgan fingerprint density at radius 3 is 2.53 bits per heavy atom. The van der Waals surface area contributed by atoms with E-state index in [9.17, 15) is 4.79 Å². The van der Waals surface area contributed by atoms with E-state index in [0.717, 1.165) is 5.92 Å². The molecular weight excluding hydrogens is 214 g/mol. The number of rotatable bonds is 3. The summed E-state index contributed by atoms with van der Waals surface area (Å²) < 4.78 is 4.80. The largest absolute Gasteiger partial charge is 0.468 e. The lowest BCUT2D eigenvalue weighted by molar-refractivity contribution is -0.143. The molecule has 2 bridgehead atoms. The summed E-state index contributed by atoms with van der Waals surface area (Å²) in [6.45, 7) is 8.94. The van der Waals surface area contributed by atoms with Gasteiger partial charge in [0.25, 0.3) is 0 Å². The summed E-state index contributed by atoms with van der Waals surface area (Å²) in [5, 5.41) is 3.52. The van der Waals surface area contributed by atoms with Crippen LogP contribution < -0.4 is 5.32 Å². The number of carbonyl (C=O) groups excluding carboxylic acids is 1. The number of methoxy groups -OCH3 is 1. The Kier molecular flexibility index (Phi) is 3.01. The molecule has 4 atom stereocenters. The number of ether oxygens (including phenoxy) is 1. The van der Waals surface area contributed by atoms with E-state index in [2.05, 4.69) is 26.1 Å². The third-order valence-corrected chi connectivity index (χ3v) is 5.24. The standard InChI is InChI=1S/C14H25NO2/c1-9(11(16)17-5)15-12-13(2,3)10-6-7-14(12,4)8-10/h9-10,12,15H,6-8H2,1-5H3/t9-,10?,12?,14?/m0/s1. The van der Waals surface area contributed by atoms with Crippen LogP contribution in [-0.2, 0) is 9.53 Å². The molecule has 2 fully saturated rings. The van der Waals surface area contributed by atoms with Crippen molar-refractivity contribution < 1.29 is 9.53 Å². The Bertz CT molecular complexity index is 321. The topological polar surface area (TPSA) is 38.3 Å². The van der Waals surface area contributed by atoms with E-state index in [1.54, 1.807) is 0 Å². The minimum Gasteiger partial charge on any atom is -0.468 e. The Hall–Kier alpha value is -0.570. The second-order valence-corrected chi connectivity index (χ2v) is 6.76. The van der Waals surface area contributed by atoms with Crippen LogP contribution in [0.3, 0.4) is 0 Å². The normalized spacial score (nSPS) is 40.3. The van der Waals surface area contributed by atoms with Crippen LogP contribution in [0, 0.1) is 16.7 Å². The van der Waals surface area contributed by atoms with Crippen molar-refractivity contribution >= 4 is 5.97 Å². The zero-order valence-corrected chi connectivity index (χ0v) is 11.7. The van der Waals surface area contributed by atoms with Crippen molar-refractivity contribution in [3.05, 3.63) is 0 Å². The molecule has 0 amide bonds. The molecule has 17 heavy (non-hydrogen) atoms. The van der Waals surface area contributed by atoms with E-state index in [1.807, 2.05) is 6.92 Å². The molecule has 0 radical (unpaired) electrons. The van der Waals surface area contributed by atoms with Crippen LogP contribution in [0.1, 0.15) is 47.0 Å². The minimum absolute atomic E-state index is 0.160. The summed E-state index contributed by atoms with van der Waals surface area (Å²) in [6, 6.07) is 0.211. The fraction of sp³-hybridized carbons (Fsp3) is 0.929. The molecule has 2 saturated carbocycles. The molecule has 0 aromatic heterocycles. The van der Waals surface area contributed by atoms with Crippen LogP contribution >= 0.6 is 0 Å². The van der Waals surface area contributed by atoms with Gasteiger partial charge in [0.1, 0.15) is 6.04 Å². The van der Waals surface area contributed by atoms with Crippen LogP contribution in [-0.4, -0.2) is 25.2 Å².